The summed E-state index contributed by atoms with van der Waals surface area (Å²) in [6.45, 7) is 6.55. The molecule has 0 fully saturated rings. The van der Waals surface area contributed by atoms with Gasteiger partial charge in [0.2, 0.25) is 10.0 Å². The first-order valence-corrected chi connectivity index (χ1v) is 8.51. The molecule has 0 aliphatic heterocycles. The SMILES string of the molecule is CCC(C)(C)CNS(=O)(=O)c1cccc2cc(N)ccc12. The zero-order valence-corrected chi connectivity index (χ0v) is 13.5. The summed E-state index contributed by atoms with van der Waals surface area (Å²) < 4.78 is 27.8. The van der Waals surface area contributed by atoms with Crippen LogP contribution in [0.15, 0.2) is 41.3 Å². The van der Waals surface area contributed by atoms with Crippen molar-refractivity contribution < 1.29 is 8.42 Å². The Morgan fingerprint density at radius 1 is 1.19 bits per heavy atom. The van der Waals surface area contributed by atoms with Crippen LogP contribution >= 0.6 is 0 Å². The van der Waals surface area contributed by atoms with Gasteiger partial charge in [0.15, 0.2) is 0 Å². The summed E-state index contributed by atoms with van der Waals surface area (Å²) in [6.07, 6.45) is 0.904. The molecule has 2 rings (SSSR count). The van der Waals surface area contributed by atoms with Crippen LogP contribution in [0.25, 0.3) is 10.8 Å². The number of hydrogen-bond acceptors (Lipinski definition) is 3. The number of hydrogen-bond donors (Lipinski definition) is 2. The van der Waals surface area contributed by atoms with Gasteiger partial charge >= 0.3 is 0 Å². The molecule has 0 aliphatic carbocycles. The Labute approximate surface area is 126 Å². The third kappa shape index (κ3) is 3.54. The van der Waals surface area contributed by atoms with E-state index in [0.29, 0.717) is 22.5 Å². The molecule has 0 spiro atoms. The first kappa shape index (κ1) is 15.8. The van der Waals surface area contributed by atoms with Gasteiger partial charge in [-0.25, -0.2) is 13.1 Å². The number of benzene rings is 2. The zero-order chi connectivity index (χ0) is 15.7. The van der Waals surface area contributed by atoms with E-state index >= 15 is 0 Å². The highest BCUT2D eigenvalue weighted by molar-refractivity contribution is 7.89. The van der Waals surface area contributed by atoms with Crippen LogP contribution in [-0.2, 0) is 10.0 Å². The number of nitrogens with one attached hydrogen (secondary N) is 1. The lowest BCUT2D eigenvalue weighted by molar-refractivity contribution is 0.350. The molecule has 0 bridgehead atoms. The van der Waals surface area contributed by atoms with E-state index in [1.165, 1.54) is 0 Å². The second-order valence-electron chi connectivity index (χ2n) is 6.08. The molecule has 0 aromatic heterocycles. The van der Waals surface area contributed by atoms with Gasteiger partial charge in [0, 0.05) is 17.6 Å². The third-order valence-corrected chi connectivity index (χ3v) is 5.31. The minimum atomic E-state index is -3.53. The summed E-state index contributed by atoms with van der Waals surface area (Å²) in [7, 11) is -3.53. The first-order chi connectivity index (χ1) is 9.75. The van der Waals surface area contributed by atoms with Crippen molar-refractivity contribution in [1.29, 1.82) is 0 Å². The van der Waals surface area contributed by atoms with E-state index in [1.54, 1.807) is 30.3 Å². The number of nitrogens with two attached hydrogens (primary N) is 1. The standard InChI is InChI=1S/C16H22N2O2S/c1-4-16(2,3)11-18-21(19,20)15-7-5-6-12-10-13(17)8-9-14(12)15/h5-10,18H,4,11,17H2,1-3H3. The van der Waals surface area contributed by atoms with E-state index in [-0.39, 0.29) is 5.41 Å². The lowest BCUT2D eigenvalue weighted by Crippen LogP contribution is -2.33. The Morgan fingerprint density at radius 2 is 1.90 bits per heavy atom. The monoisotopic (exact) mass is 306 g/mol. The first-order valence-electron chi connectivity index (χ1n) is 7.03. The molecule has 0 amide bonds. The zero-order valence-electron chi connectivity index (χ0n) is 12.7. The van der Waals surface area contributed by atoms with Crippen LogP contribution in [0.3, 0.4) is 0 Å². The molecule has 3 N–H and O–H groups in total. The van der Waals surface area contributed by atoms with E-state index in [4.69, 9.17) is 5.73 Å². The molecule has 2 aromatic carbocycles. The maximum absolute atomic E-state index is 12.6. The number of sulfonamides is 1. The predicted molar refractivity (Wildman–Crippen MR) is 87.6 cm³/mol. The Balaban J connectivity index is 2.41. The number of rotatable bonds is 5. The minimum absolute atomic E-state index is 0.0674. The van der Waals surface area contributed by atoms with Crippen LogP contribution < -0.4 is 10.5 Å². The average Bonchev–Trinajstić information content (AvgIpc) is 2.44. The molecule has 4 nitrogen and oxygen atoms in total. The molecule has 2 aromatic rings. The van der Waals surface area contributed by atoms with Crippen molar-refractivity contribution in [3.8, 4) is 0 Å². The molecule has 0 radical (unpaired) electrons. The van der Waals surface area contributed by atoms with Crippen molar-refractivity contribution in [3.05, 3.63) is 36.4 Å². The maximum Gasteiger partial charge on any atom is 0.241 e. The Bertz CT molecular complexity index is 752. The van der Waals surface area contributed by atoms with E-state index in [2.05, 4.69) is 11.6 Å². The van der Waals surface area contributed by atoms with Crippen LogP contribution in [0.2, 0.25) is 0 Å². The number of fused-ring (bicyclic) bond motifs is 1. The highest BCUT2D eigenvalue weighted by Gasteiger charge is 2.22. The highest BCUT2D eigenvalue weighted by atomic mass is 32.2. The van der Waals surface area contributed by atoms with Crippen LogP contribution in [-0.4, -0.2) is 15.0 Å². The van der Waals surface area contributed by atoms with Crippen molar-refractivity contribution >= 4 is 26.5 Å². The van der Waals surface area contributed by atoms with Gasteiger partial charge in [-0.3, -0.25) is 0 Å². The maximum atomic E-state index is 12.6. The van der Waals surface area contributed by atoms with E-state index in [9.17, 15) is 8.42 Å². The van der Waals surface area contributed by atoms with Gasteiger partial charge in [0.1, 0.15) is 0 Å². The third-order valence-electron chi connectivity index (χ3n) is 3.85. The lowest BCUT2D eigenvalue weighted by atomic mass is 9.91. The Kier molecular flexibility index (Phi) is 4.25. The summed E-state index contributed by atoms with van der Waals surface area (Å²) in [6, 6.07) is 10.5. The fourth-order valence-electron chi connectivity index (χ4n) is 2.00. The highest BCUT2D eigenvalue weighted by Crippen LogP contribution is 2.26. The molecule has 0 heterocycles. The predicted octanol–water partition coefficient (Wildman–Crippen LogP) is 3.14. The molecule has 0 saturated carbocycles. The van der Waals surface area contributed by atoms with Crippen LogP contribution in [0.1, 0.15) is 27.2 Å². The van der Waals surface area contributed by atoms with Gasteiger partial charge < -0.3 is 5.73 Å². The number of anilines is 1. The molecule has 5 heteroatoms. The Morgan fingerprint density at radius 3 is 2.57 bits per heavy atom. The average molecular weight is 306 g/mol. The quantitative estimate of drug-likeness (QED) is 0.834. The normalized spacial score (nSPS) is 12.7. The molecule has 114 valence electrons. The summed E-state index contributed by atoms with van der Waals surface area (Å²) in [4.78, 5) is 0.298. The molecule has 0 unspecified atom stereocenters. The van der Waals surface area contributed by atoms with Crippen LogP contribution in [0, 0.1) is 5.41 Å². The van der Waals surface area contributed by atoms with Crippen molar-refractivity contribution in [1.82, 2.24) is 4.72 Å². The summed E-state index contributed by atoms with van der Waals surface area (Å²) in [5.74, 6) is 0. The molecule has 21 heavy (non-hydrogen) atoms. The minimum Gasteiger partial charge on any atom is -0.399 e. The lowest BCUT2D eigenvalue weighted by Gasteiger charge is -2.23. The fraction of sp³-hybridized carbons (Fsp3) is 0.375. The molecule has 0 aliphatic rings. The van der Waals surface area contributed by atoms with E-state index in [1.807, 2.05) is 19.9 Å². The fourth-order valence-corrected chi connectivity index (χ4v) is 3.47. The van der Waals surface area contributed by atoms with Crippen LogP contribution in [0.4, 0.5) is 5.69 Å². The summed E-state index contributed by atoms with van der Waals surface area (Å²) in [5, 5.41) is 1.51. The van der Waals surface area contributed by atoms with Crippen molar-refractivity contribution in [2.24, 2.45) is 5.41 Å². The van der Waals surface area contributed by atoms with Gasteiger partial charge in [-0.1, -0.05) is 39.0 Å². The molecular formula is C16H22N2O2S. The molecule has 0 saturated heterocycles. The van der Waals surface area contributed by atoms with Gasteiger partial charge in [-0.2, -0.15) is 0 Å². The summed E-state index contributed by atoms with van der Waals surface area (Å²) >= 11 is 0. The second kappa shape index (κ2) is 5.66. The topological polar surface area (TPSA) is 72.2 Å². The molecular weight excluding hydrogens is 284 g/mol. The molecule has 0 atom stereocenters. The van der Waals surface area contributed by atoms with Crippen LogP contribution in [0.5, 0.6) is 0 Å². The second-order valence-corrected chi connectivity index (χ2v) is 7.81. The van der Waals surface area contributed by atoms with Gasteiger partial charge in [-0.15, -0.1) is 0 Å². The summed E-state index contributed by atoms with van der Waals surface area (Å²) in [5.41, 5.74) is 6.31. The number of nitrogen functional groups attached to an aromatic ring is 1. The largest absolute Gasteiger partial charge is 0.399 e. The van der Waals surface area contributed by atoms with Crippen molar-refractivity contribution in [2.45, 2.75) is 32.1 Å². The van der Waals surface area contributed by atoms with Gasteiger partial charge in [0.05, 0.1) is 4.90 Å². The van der Waals surface area contributed by atoms with Crippen molar-refractivity contribution in [3.63, 3.8) is 0 Å². The smallest absolute Gasteiger partial charge is 0.241 e. The van der Waals surface area contributed by atoms with E-state index < -0.39 is 10.0 Å². The van der Waals surface area contributed by atoms with Gasteiger partial charge in [0.25, 0.3) is 0 Å². The Hall–Kier alpha value is -1.59. The van der Waals surface area contributed by atoms with Crippen molar-refractivity contribution in [2.75, 3.05) is 12.3 Å². The van der Waals surface area contributed by atoms with E-state index in [0.717, 1.165) is 11.8 Å². The van der Waals surface area contributed by atoms with Gasteiger partial charge in [-0.05, 0) is 35.4 Å².